The van der Waals surface area contributed by atoms with Crippen LogP contribution in [0.25, 0.3) is 0 Å². The molecular weight excluding hydrogens is 324 g/mol. The number of hydrogen-bond donors (Lipinski definition) is 2. The van der Waals surface area contributed by atoms with Crippen LogP contribution in [0.3, 0.4) is 0 Å². The van der Waals surface area contributed by atoms with Gasteiger partial charge in [-0.05, 0) is 53.7 Å². The molecule has 0 bridgehead atoms. The van der Waals surface area contributed by atoms with Gasteiger partial charge in [-0.2, -0.15) is 0 Å². The fourth-order valence-corrected chi connectivity index (χ4v) is 3.69. The van der Waals surface area contributed by atoms with Gasteiger partial charge in [0.1, 0.15) is 4.99 Å². The molecule has 0 spiro atoms. The third-order valence-electron chi connectivity index (χ3n) is 3.62. The molecule has 1 unspecified atom stereocenters. The SMILES string of the molecule is NC(=S)c1c(Br)cccc1N1CCCC1CCCO. The molecule has 1 aliphatic rings. The summed E-state index contributed by atoms with van der Waals surface area (Å²) in [6.07, 6.45) is 4.21. The minimum Gasteiger partial charge on any atom is -0.396 e. The summed E-state index contributed by atoms with van der Waals surface area (Å²) in [5.74, 6) is 0. The minimum atomic E-state index is 0.255. The molecule has 1 atom stereocenters. The zero-order valence-corrected chi connectivity index (χ0v) is 13.2. The monoisotopic (exact) mass is 342 g/mol. The highest BCUT2D eigenvalue weighted by Gasteiger charge is 2.27. The number of halogens is 1. The number of aliphatic hydroxyl groups is 1. The lowest BCUT2D eigenvalue weighted by atomic mass is 10.1. The molecule has 104 valence electrons. The second-order valence-electron chi connectivity index (χ2n) is 4.85. The number of rotatable bonds is 5. The molecular formula is C14H19BrN2OS. The second-order valence-corrected chi connectivity index (χ2v) is 6.15. The molecule has 2 rings (SSSR count). The van der Waals surface area contributed by atoms with Crippen LogP contribution in [0.2, 0.25) is 0 Å². The lowest BCUT2D eigenvalue weighted by Gasteiger charge is -2.29. The van der Waals surface area contributed by atoms with Gasteiger partial charge in [0.15, 0.2) is 0 Å². The lowest BCUT2D eigenvalue weighted by Crippen LogP contribution is -2.31. The van der Waals surface area contributed by atoms with Crippen molar-refractivity contribution in [3.63, 3.8) is 0 Å². The lowest BCUT2D eigenvalue weighted by molar-refractivity contribution is 0.279. The van der Waals surface area contributed by atoms with Crippen LogP contribution in [0.15, 0.2) is 22.7 Å². The van der Waals surface area contributed by atoms with Crippen molar-refractivity contribution in [2.24, 2.45) is 5.73 Å². The van der Waals surface area contributed by atoms with Gasteiger partial charge in [-0.25, -0.2) is 0 Å². The number of aliphatic hydroxyl groups excluding tert-OH is 1. The minimum absolute atomic E-state index is 0.255. The third kappa shape index (κ3) is 3.27. The van der Waals surface area contributed by atoms with Crippen molar-refractivity contribution in [2.45, 2.75) is 31.7 Å². The number of benzene rings is 1. The molecule has 1 aromatic rings. The smallest absolute Gasteiger partial charge is 0.107 e. The molecule has 0 amide bonds. The first-order valence-corrected chi connectivity index (χ1v) is 7.81. The van der Waals surface area contributed by atoms with Gasteiger partial charge in [0.05, 0.1) is 0 Å². The molecule has 1 aromatic carbocycles. The fraction of sp³-hybridized carbons (Fsp3) is 0.500. The highest BCUT2D eigenvalue weighted by atomic mass is 79.9. The normalized spacial score (nSPS) is 18.8. The first-order valence-electron chi connectivity index (χ1n) is 6.61. The van der Waals surface area contributed by atoms with Gasteiger partial charge in [-0.15, -0.1) is 0 Å². The van der Waals surface area contributed by atoms with Crippen LogP contribution in [-0.4, -0.2) is 29.3 Å². The molecule has 1 saturated heterocycles. The topological polar surface area (TPSA) is 49.5 Å². The van der Waals surface area contributed by atoms with E-state index >= 15 is 0 Å². The largest absolute Gasteiger partial charge is 0.396 e. The summed E-state index contributed by atoms with van der Waals surface area (Å²) >= 11 is 8.71. The Bertz CT molecular complexity index is 467. The molecule has 0 saturated carbocycles. The Balaban J connectivity index is 2.30. The summed E-state index contributed by atoms with van der Waals surface area (Å²) in [5, 5.41) is 9.00. The van der Waals surface area contributed by atoms with Gasteiger partial charge in [0, 0.05) is 34.9 Å². The summed E-state index contributed by atoms with van der Waals surface area (Å²) in [5.41, 5.74) is 7.90. The van der Waals surface area contributed by atoms with Crippen LogP contribution in [-0.2, 0) is 0 Å². The summed E-state index contributed by atoms with van der Waals surface area (Å²) < 4.78 is 0.949. The molecule has 19 heavy (non-hydrogen) atoms. The summed E-state index contributed by atoms with van der Waals surface area (Å²) in [6, 6.07) is 6.55. The number of nitrogens with zero attached hydrogens (tertiary/aromatic N) is 1. The quantitative estimate of drug-likeness (QED) is 0.808. The second kappa shape index (κ2) is 6.68. The third-order valence-corrected chi connectivity index (χ3v) is 4.49. The van der Waals surface area contributed by atoms with Gasteiger partial charge >= 0.3 is 0 Å². The van der Waals surface area contributed by atoms with E-state index in [1.807, 2.05) is 12.1 Å². The van der Waals surface area contributed by atoms with Gasteiger partial charge in [0.2, 0.25) is 0 Å². The number of nitrogens with two attached hydrogens (primary N) is 1. The average Bonchev–Trinajstić information content (AvgIpc) is 2.83. The molecule has 1 aliphatic heterocycles. The molecule has 0 aliphatic carbocycles. The molecule has 3 nitrogen and oxygen atoms in total. The number of hydrogen-bond acceptors (Lipinski definition) is 3. The van der Waals surface area contributed by atoms with E-state index in [1.54, 1.807) is 0 Å². The molecule has 0 aromatic heterocycles. The highest BCUT2D eigenvalue weighted by Crippen LogP contribution is 2.34. The van der Waals surface area contributed by atoms with E-state index < -0.39 is 0 Å². The predicted molar refractivity (Wildman–Crippen MR) is 86.7 cm³/mol. The Morgan fingerprint density at radius 1 is 1.53 bits per heavy atom. The van der Waals surface area contributed by atoms with Crippen molar-refractivity contribution >= 4 is 38.8 Å². The van der Waals surface area contributed by atoms with E-state index in [0.29, 0.717) is 11.0 Å². The van der Waals surface area contributed by atoms with Gasteiger partial charge in [-0.3, -0.25) is 0 Å². The first-order chi connectivity index (χ1) is 9.15. The van der Waals surface area contributed by atoms with Crippen molar-refractivity contribution < 1.29 is 5.11 Å². The van der Waals surface area contributed by atoms with Crippen LogP contribution in [0.4, 0.5) is 5.69 Å². The van der Waals surface area contributed by atoms with Crippen LogP contribution < -0.4 is 10.6 Å². The van der Waals surface area contributed by atoms with Crippen molar-refractivity contribution in [3.05, 3.63) is 28.2 Å². The zero-order valence-electron chi connectivity index (χ0n) is 10.8. The average molecular weight is 343 g/mol. The Hall–Kier alpha value is -0.650. The number of thiocarbonyl (C=S) groups is 1. The Morgan fingerprint density at radius 2 is 2.32 bits per heavy atom. The molecule has 0 radical (unpaired) electrons. The van der Waals surface area contributed by atoms with E-state index in [0.717, 1.165) is 35.1 Å². The Morgan fingerprint density at radius 3 is 3.00 bits per heavy atom. The maximum absolute atomic E-state index is 9.00. The standard InChI is InChI=1S/C14H19BrN2OS/c15-11-6-1-7-12(13(11)14(16)19)17-8-2-4-10(17)5-3-9-18/h1,6-7,10,18H,2-5,8-9H2,(H2,16,19). The highest BCUT2D eigenvalue weighted by molar-refractivity contribution is 9.10. The van der Waals surface area contributed by atoms with E-state index in [9.17, 15) is 0 Å². The van der Waals surface area contributed by atoms with E-state index in [2.05, 4.69) is 26.9 Å². The number of anilines is 1. The molecule has 1 fully saturated rings. The van der Waals surface area contributed by atoms with Crippen LogP contribution in [0, 0.1) is 0 Å². The van der Waals surface area contributed by atoms with E-state index in [4.69, 9.17) is 23.1 Å². The molecule has 5 heteroatoms. The van der Waals surface area contributed by atoms with Crippen molar-refractivity contribution in [3.8, 4) is 0 Å². The molecule has 3 N–H and O–H groups in total. The maximum atomic E-state index is 9.00. The van der Waals surface area contributed by atoms with Crippen LogP contribution in [0.5, 0.6) is 0 Å². The summed E-state index contributed by atoms with van der Waals surface area (Å²) in [6.45, 7) is 1.28. The first kappa shape index (κ1) is 14.8. The van der Waals surface area contributed by atoms with Gasteiger partial charge < -0.3 is 15.7 Å². The fourth-order valence-electron chi connectivity index (χ4n) is 2.78. The molecule has 1 heterocycles. The van der Waals surface area contributed by atoms with Crippen molar-refractivity contribution in [2.75, 3.05) is 18.1 Å². The van der Waals surface area contributed by atoms with E-state index in [-0.39, 0.29) is 6.61 Å². The van der Waals surface area contributed by atoms with Crippen LogP contribution in [0.1, 0.15) is 31.2 Å². The zero-order chi connectivity index (χ0) is 13.8. The van der Waals surface area contributed by atoms with Crippen molar-refractivity contribution in [1.29, 1.82) is 0 Å². The Kier molecular flexibility index (Phi) is 5.19. The summed E-state index contributed by atoms with van der Waals surface area (Å²) in [7, 11) is 0. The maximum Gasteiger partial charge on any atom is 0.107 e. The van der Waals surface area contributed by atoms with Crippen molar-refractivity contribution in [1.82, 2.24) is 0 Å². The van der Waals surface area contributed by atoms with E-state index in [1.165, 1.54) is 12.8 Å². The van der Waals surface area contributed by atoms with Crippen LogP contribution >= 0.6 is 28.1 Å². The predicted octanol–water partition coefficient (Wildman–Crippen LogP) is 2.82. The van der Waals surface area contributed by atoms with Gasteiger partial charge in [-0.1, -0.05) is 18.3 Å². The Labute approximate surface area is 127 Å². The summed E-state index contributed by atoms with van der Waals surface area (Å²) in [4.78, 5) is 2.81. The van der Waals surface area contributed by atoms with Gasteiger partial charge in [0.25, 0.3) is 0 Å².